The number of benzene rings is 3. The van der Waals surface area contributed by atoms with E-state index in [4.69, 9.17) is 0 Å². The van der Waals surface area contributed by atoms with Gasteiger partial charge in [0.25, 0.3) is 5.91 Å². The Bertz CT molecular complexity index is 916. The minimum atomic E-state index is -0.0895. The normalized spacial score (nSPS) is 11.8. The Morgan fingerprint density at radius 3 is 2.41 bits per heavy atom. The predicted molar refractivity (Wildman–Crippen MR) is 112 cm³/mol. The number of hydrogen-bond donors (Lipinski definition) is 2. The van der Waals surface area contributed by atoms with Gasteiger partial charge >= 0.3 is 0 Å². The summed E-state index contributed by atoms with van der Waals surface area (Å²) in [5.74, 6) is -0.0895. The smallest absolute Gasteiger partial charge is 0.255 e. The Kier molecular flexibility index (Phi) is 6.05. The molecule has 3 rings (SSSR count). The summed E-state index contributed by atoms with van der Waals surface area (Å²) < 4.78 is 0. The van der Waals surface area contributed by atoms with E-state index in [0.717, 1.165) is 23.4 Å². The van der Waals surface area contributed by atoms with E-state index in [1.165, 1.54) is 11.1 Å². The number of aryl methyl sites for hydroxylation is 2. The van der Waals surface area contributed by atoms with Gasteiger partial charge in [-0.2, -0.15) is 0 Å². The first-order chi connectivity index (χ1) is 13.0. The van der Waals surface area contributed by atoms with Crippen molar-refractivity contribution in [3.05, 3.63) is 101 Å². The Hall–Kier alpha value is -2.91. The molecule has 2 N–H and O–H groups in total. The lowest BCUT2D eigenvalue weighted by Crippen LogP contribution is -2.19. The minimum absolute atomic E-state index is 0.0895. The van der Waals surface area contributed by atoms with Gasteiger partial charge in [-0.1, -0.05) is 54.1 Å². The zero-order valence-electron chi connectivity index (χ0n) is 16.1. The summed E-state index contributed by atoms with van der Waals surface area (Å²) in [7, 11) is 0. The van der Waals surface area contributed by atoms with E-state index >= 15 is 0 Å². The van der Waals surface area contributed by atoms with Gasteiger partial charge in [0.2, 0.25) is 0 Å². The van der Waals surface area contributed by atoms with Crippen molar-refractivity contribution in [2.45, 2.75) is 33.4 Å². The summed E-state index contributed by atoms with van der Waals surface area (Å²) >= 11 is 0. The first-order valence-electron chi connectivity index (χ1n) is 9.29. The van der Waals surface area contributed by atoms with Gasteiger partial charge in [-0.05, 0) is 61.7 Å². The van der Waals surface area contributed by atoms with Gasteiger partial charge < -0.3 is 10.6 Å². The summed E-state index contributed by atoms with van der Waals surface area (Å²) in [5, 5.41) is 6.54. The fourth-order valence-electron chi connectivity index (χ4n) is 3.12. The zero-order valence-corrected chi connectivity index (χ0v) is 16.1. The third-order valence-corrected chi connectivity index (χ3v) is 4.77. The molecule has 27 heavy (non-hydrogen) atoms. The Morgan fingerprint density at radius 2 is 1.67 bits per heavy atom. The Labute approximate surface area is 161 Å². The van der Waals surface area contributed by atoms with Crippen molar-refractivity contribution in [2.24, 2.45) is 0 Å². The molecule has 3 heteroatoms. The standard InChI is InChI=1S/C24H26N2O/c1-17-11-13-21(14-12-17)24(27)26-22-9-6-8-20(15-22)16-25-19(3)23-10-5-4-7-18(23)2/h4-15,19,25H,16H2,1-3H3,(H,26,27)/t19-/m1/s1. The molecule has 138 valence electrons. The highest BCUT2D eigenvalue weighted by Crippen LogP contribution is 2.18. The molecule has 0 spiro atoms. The minimum Gasteiger partial charge on any atom is -0.322 e. The van der Waals surface area contributed by atoms with Crippen LogP contribution in [0.1, 0.15) is 45.6 Å². The van der Waals surface area contributed by atoms with Crippen molar-refractivity contribution in [3.63, 3.8) is 0 Å². The Morgan fingerprint density at radius 1 is 0.926 bits per heavy atom. The summed E-state index contributed by atoms with van der Waals surface area (Å²) in [6.45, 7) is 7.06. The van der Waals surface area contributed by atoms with Gasteiger partial charge in [-0.25, -0.2) is 0 Å². The van der Waals surface area contributed by atoms with Gasteiger partial charge in [-0.15, -0.1) is 0 Å². The maximum atomic E-state index is 12.4. The van der Waals surface area contributed by atoms with Crippen LogP contribution in [0.15, 0.2) is 72.8 Å². The largest absolute Gasteiger partial charge is 0.322 e. The molecule has 0 fully saturated rings. The van der Waals surface area contributed by atoms with Crippen LogP contribution in [0.4, 0.5) is 5.69 Å². The molecule has 0 aliphatic carbocycles. The average Bonchev–Trinajstić information content (AvgIpc) is 2.67. The zero-order chi connectivity index (χ0) is 19.2. The fourth-order valence-corrected chi connectivity index (χ4v) is 3.12. The predicted octanol–water partition coefficient (Wildman–Crippen LogP) is 5.41. The van der Waals surface area contributed by atoms with Crippen LogP contribution in [0.25, 0.3) is 0 Å². The van der Waals surface area contributed by atoms with Crippen LogP contribution >= 0.6 is 0 Å². The van der Waals surface area contributed by atoms with Gasteiger partial charge in [0.05, 0.1) is 0 Å². The molecular formula is C24H26N2O. The van der Waals surface area contributed by atoms with Crippen molar-refractivity contribution in [3.8, 4) is 0 Å². The molecule has 0 aromatic heterocycles. The SMILES string of the molecule is Cc1ccc(C(=O)Nc2cccc(CN[C@H](C)c3ccccc3C)c2)cc1. The maximum Gasteiger partial charge on any atom is 0.255 e. The van der Waals surface area contributed by atoms with Gasteiger partial charge in [-0.3, -0.25) is 4.79 Å². The van der Waals surface area contributed by atoms with Crippen molar-refractivity contribution < 1.29 is 4.79 Å². The number of rotatable bonds is 6. The van der Waals surface area contributed by atoms with Crippen LogP contribution in [0, 0.1) is 13.8 Å². The molecular weight excluding hydrogens is 332 g/mol. The number of anilines is 1. The highest BCUT2D eigenvalue weighted by atomic mass is 16.1. The number of nitrogens with one attached hydrogen (secondary N) is 2. The van der Waals surface area contributed by atoms with Crippen LogP contribution in [-0.2, 0) is 6.54 Å². The lowest BCUT2D eigenvalue weighted by Gasteiger charge is -2.17. The molecule has 0 heterocycles. The van der Waals surface area contributed by atoms with E-state index in [-0.39, 0.29) is 11.9 Å². The van der Waals surface area contributed by atoms with E-state index in [0.29, 0.717) is 5.56 Å². The van der Waals surface area contributed by atoms with Crippen molar-refractivity contribution in [2.75, 3.05) is 5.32 Å². The monoisotopic (exact) mass is 358 g/mol. The first-order valence-corrected chi connectivity index (χ1v) is 9.29. The molecule has 1 amide bonds. The average molecular weight is 358 g/mol. The van der Waals surface area contributed by atoms with Crippen LogP contribution in [0.2, 0.25) is 0 Å². The number of carbonyl (C=O) groups excluding carboxylic acids is 1. The van der Waals surface area contributed by atoms with Crippen LogP contribution in [-0.4, -0.2) is 5.91 Å². The maximum absolute atomic E-state index is 12.4. The summed E-state index contributed by atoms with van der Waals surface area (Å²) in [6, 6.07) is 24.2. The molecule has 0 unspecified atom stereocenters. The van der Waals surface area contributed by atoms with Crippen LogP contribution in [0.3, 0.4) is 0 Å². The topological polar surface area (TPSA) is 41.1 Å². The molecule has 3 nitrogen and oxygen atoms in total. The lowest BCUT2D eigenvalue weighted by atomic mass is 10.0. The van der Waals surface area contributed by atoms with Gasteiger partial charge in [0, 0.05) is 23.8 Å². The van der Waals surface area contributed by atoms with E-state index < -0.39 is 0 Å². The van der Waals surface area contributed by atoms with Crippen molar-refractivity contribution in [1.29, 1.82) is 0 Å². The van der Waals surface area contributed by atoms with Gasteiger partial charge in [0.1, 0.15) is 0 Å². The highest BCUT2D eigenvalue weighted by molar-refractivity contribution is 6.04. The third-order valence-electron chi connectivity index (χ3n) is 4.77. The highest BCUT2D eigenvalue weighted by Gasteiger charge is 2.09. The number of amides is 1. The molecule has 0 saturated carbocycles. The van der Waals surface area contributed by atoms with Crippen molar-refractivity contribution in [1.82, 2.24) is 5.32 Å². The lowest BCUT2D eigenvalue weighted by molar-refractivity contribution is 0.102. The van der Waals surface area contributed by atoms with Crippen molar-refractivity contribution >= 4 is 11.6 Å². The number of hydrogen-bond acceptors (Lipinski definition) is 2. The summed E-state index contributed by atoms with van der Waals surface area (Å²) in [4.78, 5) is 12.4. The van der Waals surface area contributed by atoms with E-state index in [9.17, 15) is 4.79 Å². The van der Waals surface area contributed by atoms with E-state index in [1.54, 1.807) is 0 Å². The first kappa shape index (κ1) is 18.9. The fraction of sp³-hybridized carbons (Fsp3) is 0.208. The second kappa shape index (κ2) is 8.65. The quantitative estimate of drug-likeness (QED) is 0.619. The second-order valence-electron chi connectivity index (χ2n) is 6.98. The molecule has 1 atom stereocenters. The second-order valence-corrected chi connectivity index (χ2v) is 6.98. The molecule has 3 aromatic rings. The molecule has 3 aromatic carbocycles. The number of carbonyl (C=O) groups is 1. The van der Waals surface area contributed by atoms with E-state index in [2.05, 4.69) is 54.8 Å². The van der Waals surface area contributed by atoms with E-state index in [1.807, 2.05) is 49.4 Å². The van der Waals surface area contributed by atoms with Crippen LogP contribution < -0.4 is 10.6 Å². The van der Waals surface area contributed by atoms with Crippen LogP contribution in [0.5, 0.6) is 0 Å². The summed E-state index contributed by atoms with van der Waals surface area (Å²) in [5.41, 5.74) is 6.35. The Balaban J connectivity index is 1.62. The molecule has 0 aliphatic heterocycles. The summed E-state index contributed by atoms with van der Waals surface area (Å²) in [6.07, 6.45) is 0. The molecule has 0 bridgehead atoms. The molecule has 0 aliphatic rings. The third kappa shape index (κ3) is 5.05. The molecule has 0 saturated heterocycles. The van der Waals surface area contributed by atoms with Gasteiger partial charge in [0.15, 0.2) is 0 Å². The molecule has 0 radical (unpaired) electrons.